The van der Waals surface area contributed by atoms with Crippen molar-refractivity contribution in [1.29, 1.82) is 0 Å². The van der Waals surface area contributed by atoms with Crippen LogP contribution in [-0.4, -0.2) is 17.1 Å². The van der Waals surface area contributed by atoms with Crippen molar-refractivity contribution in [3.8, 4) is 0 Å². The van der Waals surface area contributed by atoms with Gasteiger partial charge in [-0.1, -0.05) is 23.4 Å². The Bertz CT molecular complexity index is 323. The number of hydrogen-bond acceptors (Lipinski definition) is 3. The van der Waals surface area contributed by atoms with Crippen molar-refractivity contribution in [2.24, 2.45) is 10.9 Å². The van der Waals surface area contributed by atoms with Gasteiger partial charge in [0, 0.05) is 12.1 Å². The van der Waals surface area contributed by atoms with Gasteiger partial charge in [0.15, 0.2) is 5.84 Å². The van der Waals surface area contributed by atoms with E-state index in [4.69, 9.17) is 10.9 Å². The van der Waals surface area contributed by atoms with Crippen LogP contribution >= 0.6 is 0 Å². The summed E-state index contributed by atoms with van der Waals surface area (Å²) in [5, 5.41) is 14.7. The molecule has 0 aromatic heterocycles. The third kappa shape index (κ3) is 1.30. The summed E-state index contributed by atoms with van der Waals surface area (Å²) < 4.78 is 0. The van der Waals surface area contributed by atoms with Crippen LogP contribution in [0.5, 0.6) is 0 Å². The van der Waals surface area contributed by atoms with E-state index >= 15 is 0 Å². The van der Waals surface area contributed by atoms with E-state index in [1.165, 1.54) is 5.56 Å². The second kappa shape index (κ2) is 2.97. The first-order chi connectivity index (χ1) is 6.31. The molecular formula is C9H11N3O. The number of para-hydroxylation sites is 1. The minimum Gasteiger partial charge on any atom is -0.409 e. The molecule has 0 bridgehead atoms. The van der Waals surface area contributed by atoms with Crippen molar-refractivity contribution in [3.05, 3.63) is 29.8 Å². The van der Waals surface area contributed by atoms with Gasteiger partial charge in [-0.2, -0.15) is 0 Å². The molecule has 1 unspecified atom stereocenters. The van der Waals surface area contributed by atoms with Crippen LogP contribution in [0.4, 0.5) is 5.69 Å². The molecule has 1 aliphatic heterocycles. The Morgan fingerprint density at radius 3 is 3.00 bits per heavy atom. The van der Waals surface area contributed by atoms with Crippen molar-refractivity contribution in [1.82, 2.24) is 0 Å². The molecule has 4 N–H and O–H groups in total. The van der Waals surface area contributed by atoms with E-state index in [1.807, 2.05) is 24.3 Å². The summed E-state index contributed by atoms with van der Waals surface area (Å²) in [5.41, 5.74) is 7.77. The summed E-state index contributed by atoms with van der Waals surface area (Å²) in [7, 11) is 0. The lowest BCUT2D eigenvalue weighted by molar-refractivity contribution is 0.316. The highest BCUT2D eigenvalue weighted by Crippen LogP contribution is 2.24. The van der Waals surface area contributed by atoms with Crippen LogP contribution < -0.4 is 11.1 Å². The number of anilines is 1. The highest BCUT2D eigenvalue weighted by Gasteiger charge is 2.22. The lowest BCUT2D eigenvalue weighted by Gasteiger charge is -2.07. The molecule has 1 atom stereocenters. The van der Waals surface area contributed by atoms with Crippen LogP contribution in [0.15, 0.2) is 29.4 Å². The maximum atomic E-state index is 8.50. The lowest BCUT2D eigenvalue weighted by atomic mass is 10.1. The number of amidine groups is 1. The third-order valence-electron chi connectivity index (χ3n) is 2.24. The summed E-state index contributed by atoms with van der Waals surface area (Å²) in [4.78, 5) is 0. The number of nitrogens with zero attached hydrogens (tertiary/aromatic N) is 1. The van der Waals surface area contributed by atoms with Crippen molar-refractivity contribution < 1.29 is 5.21 Å². The molecule has 0 amide bonds. The molecule has 2 rings (SSSR count). The van der Waals surface area contributed by atoms with Crippen LogP contribution in [0.3, 0.4) is 0 Å². The number of hydrogen-bond donors (Lipinski definition) is 3. The number of nitrogens with two attached hydrogens (primary N) is 1. The van der Waals surface area contributed by atoms with E-state index in [2.05, 4.69) is 10.5 Å². The molecule has 1 heterocycles. The quantitative estimate of drug-likeness (QED) is 0.257. The average Bonchev–Trinajstić information content (AvgIpc) is 2.59. The molecule has 1 aromatic carbocycles. The summed E-state index contributed by atoms with van der Waals surface area (Å²) >= 11 is 0. The summed E-state index contributed by atoms with van der Waals surface area (Å²) in [6.45, 7) is 0. The highest BCUT2D eigenvalue weighted by molar-refractivity contribution is 5.90. The first-order valence-corrected chi connectivity index (χ1v) is 4.13. The molecule has 1 aliphatic rings. The Morgan fingerprint density at radius 1 is 1.54 bits per heavy atom. The van der Waals surface area contributed by atoms with Crippen molar-refractivity contribution >= 4 is 11.5 Å². The predicted octanol–water partition coefficient (Wildman–Crippen LogP) is 0.770. The fourth-order valence-corrected chi connectivity index (χ4v) is 1.55. The molecule has 0 fully saturated rings. The topological polar surface area (TPSA) is 70.6 Å². The fraction of sp³-hybridized carbons (Fsp3) is 0.222. The van der Waals surface area contributed by atoms with Gasteiger partial charge in [-0.05, 0) is 11.6 Å². The first-order valence-electron chi connectivity index (χ1n) is 4.13. The van der Waals surface area contributed by atoms with E-state index in [0.717, 1.165) is 12.1 Å². The van der Waals surface area contributed by atoms with E-state index in [9.17, 15) is 0 Å². The zero-order valence-electron chi connectivity index (χ0n) is 7.07. The molecule has 13 heavy (non-hydrogen) atoms. The summed E-state index contributed by atoms with van der Waals surface area (Å²) in [6.07, 6.45) is 0.784. The number of fused-ring (bicyclic) bond motifs is 1. The van der Waals surface area contributed by atoms with Crippen LogP contribution in [0.1, 0.15) is 5.56 Å². The second-order valence-electron chi connectivity index (χ2n) is 3.08. The van der Waals surface area contributed by atoms with Gasteiger partial charge in [0.1, 0.15) is 0 Å². The van der Waals surface area contributed by atoms with Gasteiger partial charge in [0.2, 0.25) is 0 Å². The maximum Gasteiger partial charge on any atom is 0.162 e. The number of benzene rings is 1. The number of rotatable bonds is 1. The molecule has 0 saturated heterocycles. The highest BCUT2D eigenvalue weighted by atomic mass is 16.4. The van der Waals surface area contributed by atoms with Crippen molar-refractivity contribution in [2.45, 2.75) is 12.5 Å². The molecule has 0 saturated carbocycles. The monoisotopic (exact) mass is 177 g/mol. The Hall–Kier alpha value is -1.71. The van der Waals surface area contributed by atoms with Gasteiger partial charge in [-0.25, -0.2) is 0 Å². The predicted molar refractivity (Wildman–Crippen MR) is 51.0 cm³/mol. The molecule has 0 spiro atoms. The van der Waals surface area contributed by atoms with Gasteiger partial charge in [-0.3, -0.25) is 0 Å². The van der Waals surface area contributed by atoms with E-state index in [0.29, 0.717) is 0 Å². The molecule has 4 nitrogen and oxygen atoms in total. The third-order valence-corrected chi connectivity index (χ3v) is 2.24. The van der Waals surface area contributed by atoms with Gasteiger partial charge in [0.25, 0.3) is 0 Å². The van der Waals surface area contributed by atoms with Crippen LogP contribution in [-0.2, 0) is 6.42 Å². The van der Waals surface area contributed by atoms with Gasteiger partial charge in [0.05, 0.1) is 6.04 Å². The van der Waals surface area contributed by atoms with Crippen LogP contribution in [0, 0.1) is 0 Å². The van der Waals surface area contributed by atoms with Crippen molar-refractivity contribution in [3.63, 3.8) is 0 Å². The normalized spacial score (nSPS) is 20.9. The molecule has 1 aromatic rings. The van der Waals surface area contributed by atoms with E-state index in [1.54, 1.807) is 0 Å². The smallest absolute Gasteiger partial charge is 0.162 e. The maximum absolute atomic E-state index is 8.50. The Morgan fingerprint density at radius 2 is 2.31 bits per heavy atom. The summed E-state index contributed by atoms with van der Waals surface area (Å²) in [6, 6.07) is 7.89. The standard InChI is InChI=1S/C9H11N3O/c10-9(12-13)8-5-6-3-1-2-4-7(6)11-8/h1-4,8,11,13H,5H2,(H2,10,12). The van der Waals surface area contributed by atoms with E-state index < -0.39 is 0 Å². The fourth-order valence-electron chi connectivity index (χ4n) is 1.55. The SMILES string of the molecule is N/C(=N\O)C1Cc2ccccc2N1. The molecule has 0 aliphatic carbocycles. The zero-order chi connectivity index (χ0) is 9.26. The molecule has 4 heteroatoms. The Balaban J connectivity index is 2.23. The minimum absolute atomic E-state index is 0.0672. The number of oxime groups is 1. The Kier molecular flexibility index (Phi) is 1.81. The van der Waals surface area contributed by atoms with Gasteiger partial charge < -0.3 is 16.3 Å². The molecule has 68 valence electrons. The molecule has 0 radical (unpaired) electrons. The van der Waals surface area contributed by atoms with Gasteiger partial charge >= 0.3 is 0 Å². The average molecular weight is 177 g/mol. The van der Waals surface area contributed by atoms with Crippen LogP contribution in [0.25, 0.3) is 0 Å². The largest absolute Gasteiger partial charge is 0.409 e. The molecular weight excluding hydrogens is 166 g/mol. The Labute approximate surface area is 76.1 Å². The zero-order valence-corrected chi connectivity index (χ0v) is 7.07. The number of nitrogens with one attached hydrogen (secondary N) is 1. The van der Waals surface area contributed by atoms with Gasteiger partial charge in [-0.15, -0.1) is 0 Å². The minimum atomic E-state index is -0.0672. The first kappa shape index (κ1) is 7.91. The van der Waals surface area contributed by atoms with Crippen molar-refractivity contribution in [2.75, 3.05) is 5.32 Å². The lowest BCUT2D eigenvalue weighted by Crippen LogP contribution is -2.33. The van der Waals surface area contributed by atoms with Crippen LogP contribution in [0.2, 0.25) is 0 Å². The van der Waals surface area contributed by atoms with E-state index in [-0.39, 0.29) is 11.9 Å². The summed E-state index contributed by atoms with van der Waals surface area (Å²) in [5.74, 6) is 0.233. The second-order valence-corrected chi connectivity index (χ2v) is 3.08.